The number of hydrogen-bond acceptors (Lipinski definition) is 9. The summed E-state index contributed by atoms with van der Waals surface area (Å²) in [6, 6.07) is 47.2. The van der Waals surface area contributed by atoms with Crippen LogP contribution in [0, 0.1) is 67.6 Å². The Morgan fingerprint density at radius 2 is 0.878 bits per heavy atom. The minimum atomic E-state index is 0.299. The molecular formula is C73H100N6O3. The summed E-state index contributed by atoms with van der Waals surface area (Å²) >= 11 is 0. The highest BCUT2D eigenvalue weighted by Gasteiger charge is 2.31. The Hall–Kier alpha value is -6.05. The molecule has 0 spiro atoms. The molecular weight excluding hydrogens is 1010 g/mol. The fraction of sp³-hybridized carbons (Fsp3) is 0.521. The maximum Gasteiger partial charge on any atom is 0.119 e. The number of nitrogens with zero attached hydrogens (tertiary/aromatic N) is 6. The van der Waals surface area contributed by atoms with E-state index in [-0.39, 0.29) is 0 Å². The molecule has 3 aliphatic carbocycles. The zero-order chi connectivity index (χ0) is 58.1. The molecule has 9 nitrogen and oxygen atoms in total. The van der Waals surface area contributed by atoms with Gasteiger partial charge in [0.25, 0.3) is 0 Å². The fourth-order valence-corrected chi connectivity index (χ4v) is 12.9. The van der Waals surface area contributed by atoms with Crippen LogP contribution in [0.15, 0.2) is 152 Å². The molecule has 2 heterocycles. The van der Waals surface area contributed by atoms with E-state index in [9.17, 15) is 5.26 Å². The first-order chi connectivity index (χ1) is 39.7. The Balaban J connectivity index is 0.000000177. The lowest BCUT2D eigenvalue weighted by Gasteiger charge is -2.37. The van der Waals surface area contributed by atoms with Crippen molar-refractivity contribution in [1.82, 2.24) is 24.7 Å². The Morgan fingerprint density at radius 3 is 1.29 bits per heavy atom. The SMILES string of the molecule is Cc1cccc(OC2CCCC(C(C)CN(C)Cc3ccccc3)C2)c1.Cc1cccc(OC2CCCC(C(C)CN(CC#N)Cc3ccncc3)C2)c1.Cc1cccc(OC2CCCC(C(C)CN(Cc3ccncc3)C(C)C)C2)c1. The first kappa shape index (κ1) is 63.5. The van der Waals surface area contributed by atoms with Gasteiger partial charge in [-0.3, -0.25) is 19.8 Å². The van der Waals surface area contributed by atoms with E-state index in [4.69, 9.17) is 14.2 Å². The van der Waals surface area contributed by atoms with Gasteiger partial charge in [-0.15, -0.1) is 0 Å². The minimum absolute atomic E-state index is 0.299. The highest BCUT2D eigenvalue weighted by Crippen LogP contribution is 2.36. The maximum absolute atomic E-state index is 9.24. The quantitative estimate of drug-likeness (QED) is 0.0582. The number of aryl methyl sites for hydroxylation is 3. The molecule has 0 aliphatic heterocycles. The minimum Gasteiger partial charge on any atom is -0.490 e. The average Bonchev–Trinajstić information content (AvgIpc) is 3.57. The molecule has 0 saturated heterocycles. The van der Waals surface area contributed by atoms with Crippen LogP contribution < -0.4 is 14.2 Å². The van der Waals surface area contributed by atoms with Gasteiger partial charge < -0.3 is 19.1 Å². The third-order valence-electron chi connectivity index (χ3n) is 17.6. The molecule has 4 aromatic carbocycles. The van der Waals surface area contributed by atoms with Crippen LogP contribution in [0.1, 0.15) is 145 Å². The second-order valence-electron chi connectivity index (χ2n) is 25.1. The maximum atomic E-state index is 9.24. The van der Waals surface area contributed by atoms with Crippen LogP contribution in [0.2, 0.25) is 0 Å². The molecule has 9 heteroatoms. The van der Waals surface area contributed by atoms with Crippen LogP contribution in [0.3, 0.4) is 0 Å². The van der Waals surface area contributed by atoms with Crippen LogP contribution in [0.5, 0.6) is 17.2 Å². The first-order valence-corrected chi connectivity index (χ1v) is 31.3. The van der Waals surface area contributed by atoms with E-state index < -0.39 is 0 Å². The predicted molar refractivity (Wildman–Crippen MR) is 338 cm³/mol. The molecule has 3 fully saturated rings. The molecule has 0 radical (unpaired) electrons. The van der Waals surface area contributed by atoms with Crippen molar-refractivity contribution in [3.05, 3.63) is 186 Å². The van der Waals surface area contributed by atoms with Crippen LogP contribution in [-0.4, -0.2) is 82.2 Å². The summed E-state index contributed by atoms with van der Waals surface area (Å²) in [7, 11) is 2.24. The molecule has 9 unspecified atom stereocenters. The highest BCUT2D eigenvalue weighted by atomic mass is 16.5. The third kappa shape index (κ3) is 22.3. The van der Waals surface area contributed by atoms with Gasteiger partial charge >= 0.3 is 0 Å². The van der Waals surface area contributed by atoms with Gasteiger partial charge in [0.2, 0.25) is 0 Å². The van der Waals surface area contributed by atoms with Crippen molar-refractivity contribution in [3.8, 4) is 23.3 Å². The fourth-order valence-electron chi connectivity index (χ4n) is 12.9. The van der Waals surface area contributed by atoms with E-state index in [1.165, 1.54) is 97.6 Å². The third-order valence-corrected chi connectivity index (χ3v) is 17.6. The molecule has 2 aromatic heterocycles. The molecule has 3 saturated carbocycles. The number of rotatable bonds is 23. The van der Waals surface area contributed by atoms with E-state index in [2.05, 4.69) is 208 Å². The number of ether oxygens (including phenoxy) is 3. The summed E-state index contributed by atoms with van der Waals surface area (Å²) in [6.07, 6.45) is 23.1. The Morgan fingerprint density at radius 1 is 0.476 bits per heavy atom. The lowest BCUT2D eigenvalue weighted by Crippen LogP contribution is -2.38. The van der Waals surface area contributed by atoms with E-state index in [0.717, 1.165) is 81.2 Å². The summed E-state index contributed by atoms with van der Waals surface area (Å²) in [5.41, 5.74) is 7.72. The standard InChI is InChI=1S/C25H36N2O.C24H31N3O.C24H33NO/c1-19(2)27(18-22-11-13-26-14-12-22)17-21(4)23-8-6-10-25(16-23)28-24-9-5-7-20(3)15-24;1-19-5-3-7-23(15-19)28-24-8-4-6-22(16-24)20(2)17-27(14-11-25)18-21-9-12-26-13-10-21;1-19-9-7-13-23(15-19)26-24-14-8-12-22(16-24)20(2)17-25(3)18-21-10-5-4-6-11-21/h5,7,9,11-15,19,21,23,25H,6,8,10,16-18H2,1-4H3;3,5,7,9-10,12-13,15,20,22,24H,4,6,8,14,16-18H2,1-2H3;4-7,9-11,13,15,20,22,24H,8,12,14,16-18H2,1-3H3. The van der Waals surface area contributed by atoms with Crippen molar-refractivity contribution >= 4 is 0 Å². The van der Waals surface area contributed by atoms with Gasteiger partial charge in [0.15, 0.2) is 0 Å². The lowest BCUT2D eigenvalue weighted by molar-refractivity contribution is 0.0808. The van der Waals surface area contributed by atoms with Gasteiger partial charge in [0.05, 0.1) is 30.9 Å². The predicted octanol–water partition coefficient (Wildman–Crippen LogP) is 16.6. The highest BCUT2D eigenvalue weighted by molar-refractivity contribution is 5.29. The second-order valence-corrected chi connectivity index (χ2v) is 25.1. The Labute approximate surface area is 495 Å². The molecule has 0 amide bonds. The smallest absolute Gasteiger partial charge is 0.119 e. The number of pyridine rings is 2. The van der Waals surface area contributed by atoms with Crippen LogP contribution >= 0.6 is 0 Å². The van der Waals surface area contributed by atoms with E-state index >= 15 is 0 Å². The summed E-state index contributed by atoms with van der Waals surface area (Å²) in [5, 5.41) is 9.24. The van der Waals surface area contributed by atoms with Crippen LogP contribution in [0.25, 0.3) is 0 Å². The molecule has 3 aliphatic rings. The van der Waals surface area contributed by atoms with Gasteiger partial charge in [-0.05, 0) is 248 Å². The Kier molecular flexibility index (Phi) is 26.3. The zero-order valence-electron chi connectivity index (χ0n) is 51.6. The number of hydrogen-bond donors (Lipinski definition) is 0. The lowest BCUT2D eigenvalue weighted by atomic mass is 9.79. The van der Waals surface area contributed by atoms with Crippen molar-refractivity contribution in [2.45, 2.75) is 176 Å². The van der Waals surface area contributed by atoms with Gasteiger partial charge in [-0.1, -0.05) is 87.5 Å². The summed E-state index contributed by atoms with van der Waals surface area (Å²) in [4.78, 5) is 15.6. The summed E-state index contributed by atoms with van der Waals surface area (Å²) in [5.74, 6) is 7.10. The molecule has 9 atom stereocenters. The topological polar surface area (TPSA) is 87.0 Å². The van der Waals surface area contributed by atoms with Crippen LogP contribution in [-0.2, 0) is 19.6 Å². The van der Waals surface area contributed by atoms with Crippen molar-refractivity contribution in [2.75, 3.05) is 33.2 Å². The van der Waals surface area contributed by atoms with Crippen LogP contribution in [0.4, 0.5) is 0 Å². The second kappa shape index (κ2) is 33.9. The van der Waals surface area contributed by atoms with Crippen molar-refractivity contribution in [3.63, 3.8) is 0 Å². The number of aromatic nitrogens is 2. The molecule has 0 N–H and O–H groups in total. The number of nitriles is 1. The van der Waals surface area contributed by atoms with Crippen molar-refractivity contribution in [1.29, 1.82) is 5.26 Å². The van der Waals surface area contributed by atoms with Crippen molar-refractivity contribution < 1.29 is 14.2 Å². The summed E-state index contributed by atoms with van der Waals surface area (Å²) < 4.78 is 18.9. The monoisotopic (exact) mass is 1110 g/mol. The van der Waals surface area contributed by atoms with Crippen molar-refractivity contribution in [2.24, 2.45) is 35.5 Å². The van der Waals surface area contributed by atoms with E-state index in [0.29, 0.717) is 54.6 Å². The molecule has 6 aromatic rings. The van der Waals surface area contributed by atoms with Gasteiger partial charge in [0, 0.05) is 70.1 Å². The zero-order valence-corrected chi connectivity index (χ0v) is 51.6. The largest absolute Gasteiger partial charge is 0.490 e. The van der Waals surface area contributed by atoms with Gasteiger partial charge in [-0.2, -0.15) is 5.26 Å². The molecule has 0 bridgehead atoms. The first-order valence-electron chi connectivity index (χ1n) is 31.3. The van der Waals surface area contributed by atoms with Gasteiger partial charge in [-0.25, -0.2) is 0 Å². The van der Waals surface area contributed by atoms with Gasteiger partial charge in [0.1, 0.15) is 17.2 Å². The normalized spacial score (nSPS) is 21.0. The Bertz CT molecular complexity index is 2750. The molecule has 440 valence electrons. The number of benzene rings is 4. The summed E-state index contributed by atoms with van der Waals surface area (Å²) in [6.45, 7) is 24.7. The van der Waals surface area contributed by atoms with E-state index in [1.807, 2.05) is 36.9 Å². The molecule has 9 rings (SSSR count). The molecule has 82 heavy (non-hydrogen) atoms. The average molecular weight is 1110 g/mol. The van der Waals surface area contributed by atoms with E-state index in [1.54, 1.807) is 0 Å².